The zero-order chi connectivity index (χ0) is 12.5. The van der Waals surface area contributed by atoms with Crippen molar-refractivity contribution >= 4 is 6.29 Å². The Morgan fingerprint density at radius 1 is 0.938 bits per heavy atom. The van der Waals surface area contributed by atoms with Crippen LogP contribution in [-0.4, -0.2) is 6.29 Å². The van der Waals surface area contributed by atoms with E-state index in [9.17, 15) is 26.7 Å². The molecule has 2 nitrogen and oxygen atoms in total. The first-order valence-electron chi connectivity index (χ1n) is 3.81. The largest absolute Gasteiger partial charge is 0.302 e. The molecule has 0 spiro atoms. The molecule has 0 aliphatic rings. The third-order valence-electron chi connectivity index (χ3n) is 1.83. The van der Waals surface area contributed by atoms with E-state index in [4.69, 9.17) is 5.26 Å². The van der Waals surface area contributed by atoms with Crippen LogP contribution in [0, 0.1) is 40.4 Å². The lowest BCUT2D eigenvalue weighted by Crippen LogP contribution is -2.11. The number of benzene rings is 1. The van der Waals surface area contributed by atoms with Crippen LogP contribution in [0.15, 0.2) is 0 Å². The van der Waals surface area contributed by atoms with E-state index < -0.39 is 40.6 Å². The fourth-order valence-electron chi connectivity index (χ4n) is 1.06. The molecule has 1 atom stereocenters. The number of hydrogen-bond donors (Lipinski definition) is 0. The zero-order valence-electron chi connectivity index (χ0n) is 7.40. The molecule has 0 fully saturated rings. The maximum atomic E-state index is 13.0. The maximum Gasteiger partial charge on any atom is 0.200 e. The smallest absolute Gasteiger partial charge is 0.200 e. The number of halogens is 5. The molecule has 0 amide bonds. The summed E-state index contributed by atoms with van der Waals surface area (Å²) in [5.74, 6) is -13.1. The molecule has 0 aliphatic heterocycles. The molecule has 1 aromatic rings. The summed E-state index contributed by atoms with van der Waals surface area (Å²) >= 11 is 0. The molecule has 7 heteroatoms. The van der Waals surface area contributed by atoms with E-state index in [0.717, 1.165) is 6.07 Å². The van der Waals surface area contributed by atoms with Gasteiger partial charge in [-0.3, -0.25) is 0 Å². The van der Waals surface area contributed by atoms with E-state index in [1.54, 1.807) is 0 Å². The third kappa shape index (κ3) is 1.62. The topological polar surface area (TPSA) is 40.9 Å². The predicted molar refractivity (Wildman–Crippen MR) is 40.6 cm³/mol. The molecule has 0 bridgehead atoms. The van der Waals surface area contributed by atoms with Crippen molar-refractivity contribution in [1.82, 2.24) is 0 Å². The van der Waals surface area contributed by atoms with Gasteiger partial charge in [-0.1, -0.05) is 0 Å². The summed E-state index contributed by atoms with van der Waals surface area (Å²) in [5, 5.41) is 8.33. The second kappa shape index (κ2) is 4.26. The van der Waals surface area contributed by atoms with Gasteiger partial charge in [0.25, 0.3) is 0 Å². The summed E-state index contributed by atoms with van der Waals surface area (Å²) in [4.78, 5) is 10.3. The summed E-state index contributed by atoms with van der Waals surface area (Å²) in [6.45, 7) is 0. The van der Waals surface area contributed by atoms with Gasteiger partial charge in [-0.15, -0.1) is 0 Å². The predicted octanol–water partition coefficient (Wildman–Crippen LogP) is 2.19. The first-order chi connectivity index (χ1) is 7.45. The fraction of sp³-hybridized carbons (Fsp3) is 0.111. The normalized spacial score (nSPS) is 12.0. The third-order valence-corrected chi connectivity index (χ3v) is 1.83. The quantitative estimate of drug-likeness (QED) is 0.341. The van der Waals surface area contributed by atoms with Crippen LogP contribution in [0.4, 0.5) is 22.0 Å². The molecule has 0 radical (unpaired) electrons. The zero-order valence-corrected chi connectivity index (χ0v) is 7.40. The standard InChI is InChI=1S/C9H2F5NO/c10-5-4(3(1-15)2-16)6(11)8(13)9(14)7(5)12/h2-3H. The lowest BCUT2D eigenvalue weighted by molar-refractivity contribution is -0.108. The minimum Gasteiger partial charge on any atom is -0.302 e. The van der Waals surface area contributed by atoms with Gasteiger partial charge in [-0.05, 0) is 0 Å². The molecular weight excluding hydrogens is 233 g/mol. The van der Waals surface area contributed by atoms with E-state index >= 15 is 0 Å². The van der Waals surface area contributed by atoms with Gasteiger partial charge in [0.1, 0.15) is 12.2 Å². The molecule has 0 aliphatic carbocycles. The van der Waals surface area contributed by atoms with Crippen molar-refractivity contribution in [2.75, 3.05) is 0 Å². The van der Waals surface area contributed by atoms with Gasteiger partial charge < -0.3 is 4.79 Å². The van der Waals surface area contributed by atoms with E-state index in [1.807, 2.05) is 0 Å². The highest BCUT2D eigenvalue weighted by Gasteiger charge is 2.30. The Hall–Kier alpha value is -1.97. The number of nitrogens with zero attached hydrogens (tertiary/aromatic N) is 1. The van der Waals surface area contributed by atoms with Crippen LogP contribution in [-0.2, 0) is 4.79 Å². The highest BCUT2D eigenvalue weighted by atomic mass is 19.2. The van der Waals surface area contributed by atoms with Crippen LogP contribution in [0.3, 0.4) is 0 Å². The molecule has 1 aromatic carbocycles. The number of carbonyl (C=O) groups is 1. The van der Waals surface area contributed by atoms with Crippen LogP contribution in [0.25, 0.3) is 0 Å². The second-order valence-electron chi connectivity index (χ2n) is 2.73. The van der Waals surface area contributed by atoms with Gasteiger partial charge in [0.2, 0.25) is 5.82 Å². The van der Waals surface area contributed by atoms with Crippen LogP contribution in [0.1, 0.15) is 11.5 Å². The summed E-state index contributed by atoms with van der Waals surface area (Å²) < 4.78 is 63.9. The SMILES string of the molecule is N#CC(C=O)c1c(F)c(F)c(F)c(F)c1F. The highest BCUT2D eigenvalue weighted by Crippen LogP contribution is 2.27. The number of carbonyl (C=O) groups excluding carboxylic acids is 1. The van der Waals surface area contributed by atoms with Crippen LogP contribution >= 0.6 is 0 Å². The van der Waals surface area contributed by atoms with Crippen LogP contribution < -0.4 is 0 Å². The Balaban J connectivity index is 3.64. The Morgan fingerprint density at radius 3 is 1.62 bits per heavy atom. The number of hydrogen-bond acceptors (Lipinski definition) is 2. The molecule has 0 saturated carbocycles. The maximum absolute atomic E-state index is 13.0. The summed E-state index contributed by atoms with van der Waals surface area (Å²) in [6, 6.07) is 1.12. The molecule has 0 heterocycles. The van der Waals surface area contributed by atoms with Crippen molar-refractivity contribution in [2.24, 2.45) is 0 Å². The number of nitriles is 1. The summed E-state index contributed by atoms with van der Waals surface area (Å²) in [5.41, 5.74) is -1.44. The van der Waals surface area contributed by atoms with Gasteiger partial charge in [0.05, 0.1) is 11.6 Å². The average molecular weight is 235 g/mol. The van der Waals surface area contributed by atoms with Crippen molar-refractivity contribution in [1.29, 1.82) is 5.26 Å². The first kappa shape index (κ1) is 12.1. The molecule has 1 unspecified atom stereocenters. The lowest BCUT2D eigenvalue weighted by atomic mass is 10.00. The summed E-state index contributed by atoms with van der Waals surface area (Å²) in [7, 11) is 0. The van der Waals surface area contributed by atoms with Crippen molar-refractivity contribution in [3.63, 3.8) is 0 Å². The molecule has 0 saturated heterocycles. The van der Waals surface area contributed by atoms with Crippen LogP contribution in [0.5, 0.6) is 0 Å². The molecule has 16 heavy (non-hydrogen) atoms. The van der Waals surface area contributed by atoms with E-state index in [-0.39, 0.29) is 6.29 Å². The van der Waals surface area contributed by atoms with Gasteiger partial charge in [-0.2, -0.15) is 5.26 Å². The van der Waals surface area contributed by atoms with Crippen molar-refractivity contribution in [3.05, 3.63) is 34.6 Å². The Labute approximate surface area is 85.9 Å². The van der Waals surface area contributed by atoms with Crippen LogP contribution in [0.2, 0.25) is 0 Å². The monoisotopic (exact) mass is 235 g/mol. The van der Waals surface area contributed by atoms with E-state index in [2.05, 4.69) is 0 Å². The Kier molecular flexibility index (Phi) is 3.22. The first-order valence-corrected chi connectivity index (χ1v) is 3.81. The summed E-state index contributed by atoms with van der Waals surface area (Å²) in [6.07, 6.45) is -0.210. The van der Waals surface area contributed by atoms with E-state index in [0.29, 0.717) is 0 Å². The molecule has 84 valence electrons. The van der Waals surface area contributed by atoms with Gasteiger partial charge in [-0.25, -0.2) is 22.0 Å². The van der Waals surface area contributed by atoms with Crippen molar-refractivity contribution in [2.45, 2.75) is 5.92 Å². The van der Waals surface area contributed by atoms with Gasteiger partial charge in [0.15, 0.2) is 23.3 Å². The molecular formula is C9H2F5NO. The number of rotatable bonds is 2. The molecule has 0 aromatic heterocycles. The minimum atomic E-state index is -2.33. The Morgan fingerprint density at radius 2 is 1.31 bits per heavy atom. The Bertz CT molecular complexity index is 465. The second-order valence-corrected chi connectivity index (χ2v) is 2.73. The molecule has 0 N–H and O–H groups in total. The van der Waals surface area contributed by atoms with Crippen molar-refractivity contribution in [3.8, 4) is 6.07 Å². The van der Waals surface area contributed by atoms with Gasteiger partial charge >= 0.3 is 0 Å². The average Bonchev–Trinajstić information content (AvgIpc) is 2.29. The van der Waals surface area contributed by atoms with E-state index in [1.165, 1.54) is 0 Å². The minimum absolute atomic E-state index is 0.210. The van der Waals surface area contributed by atoms with Gasteiger partial charge in [0, 0.05) is 0 Å². The highest BCUT2D eigenvalue weighted by molar-refractivity contribution is 5.66. The van der Waals surface area contributed by atoms with Crippen molar-refractivity contribution < 1.29 is 26.7 Å². The lowest BCUT2D eigenvalue weighted by Gasteiger charge is -2.08. The molecule has 1 rings (SSSR count). The number of aldehydes is 1. The fourth-order valence-corrected chi connectivity index (χ4v) is 1.06.